The highest BCUT2D eigenvalue weighted by Gasteiger charge is 2.34. The Bertz CT molecular complexity index is 311. The van der Waals surface area contributed by atoms with Crippen molar-refractivity contribution in [2.45, 2.75) is 18.9 Å². The lowest BCUT2D eigenvalue weighted by molar-refractivity contribution is -0.150. The molecule has 82 valence electrons. The molecule has 0 aromatic rings. The first-order valence-corrected chi connectivity index (χ1v) is 4.59. The van der Waals surface area contributed by atoms with Crippen molar-refractivity contribution in [3.05, 3.63) is 10.4 Å². The van der Waals surface area contributed by atoms with Crippen molar-refractivity contribution in [1.29, 1.82) is 0 Å². The van der Waals surface area contributed by atoms with E-state index in [1.807, 2.05) is 0 Å². The van der Waals surface area contributed by atoms with Gasteiger partial charge in [0.1, 0.15) is 12.6 Å². The first kappa shape index (κ1) is 11.3. The molecule has 1 amide bonds. The molecule has 0 aromatic heterocycles. The minimum atomic E-state index is -0.517. The van der Waals surface area contributed by atoms with Gasteiger partial charge in [0.25, 0.3) is 0 Å². The lowest BCUT2D eigenvalue weighted by atomic mass is 10.2. The van der Waals surface area contributed by atoms with Gasteiger partial charge in [0, 0.05) is 11.5 Å². The van der Waals surface area contributed by atoms with E-state index in [-0.39, 0.29) is 12.5 Å². The fraction of sp³-hybridized carbons (Fsp3) is 0.750. The number of hydrogen-bond acceptors (Lipinski definition) is 4. The number of carbonyl (C=O) groups excluding carboxylic acids is 2. The highest BCUT2D eigenvalue weighted by Crippen LogP contribution is 2.18. The van der Waals surface area contributed by atoms with Crippen LogP contribution >= 0.6 is 0 Å². The number of likely N-dealkylation sites (tertiary alicyclic amines) is 1. The van der Waals surface area contributed by atoms with Crippen LogP contribution in [0.2, 0.25) is 0 Å². The van der Waals surface area contributed by atoms with Crippen LogP contribution in [-0.2, 0) is 14.3 Å². The Labute approximate surface area is 86.6 Å². The Morgan fingerprint density at radius 1 is 1.67 bits per heavy atom. The predicted octanol–water partition coefficient (Wildman–Crippen LogP) is 0.461. The quantitative estimate of drug-likeness (QED) is 0.294. The van der Waals surface area contributed by atoms with Gasteiger partial charge >= 0.3 is 5.97 Å². The molecule has 1 atom stereocenters. The third-order valence-electron chi connectivity index (χ3n) is 2.32. The Morgan fingerprint density at radius 3 is 3.00 bits per heavy atom. The van der Waals surface area contributed by atoms with Gasteiger partial charge < -0.3 is 9.64 Å². The number of amides is 1. The third kappa shape index (κ3) is 2.60. The van der Waals surface area contributed by atoms with Crippen LogP contribution in [0.5, 0.6) is 0 Å². The van der Waals surface area contributed by atoms with E-state index in [1.165, 1.54) is 12.0 Å². The molecule has 7 nitrogen and oxygen atoms in total. The second-order valence-corrected chi connectivity index (χ2v) is 3.16. The normalized spacial score (nSPS) is 19.5. The van der Waals surface area contributed by atoms with Gasteiger partial charge in [-0.15, -0.1) is 0 Å². The summed E-state index contributed by atoms with van der Waals surface area (Å²) in [5, 5.41) is 3.17. The molecule has 1 aliphatic heterocycles. The lowest BCUT2D eigenvalue weighted by Gasteiger charge is -2.21. The van der Waals surface area contributed by atoms with Gasteiger partial charge in [-0.2, -0.15) is 0 Å². The summed E-state index contributed by atoms with van der Waals surface area (Å²) in [7, 11) is 1.29. The van der Waals surface area contributed by atoms with Gasteiger partial charge in [-0.05, 0) is 18.4 Å². The molecule has 0 N–H and O–H groups in total. The minimum Gasteiger partial charge on any atom is -0.467 e. The smallest absolute Gasteiger partial charge is 0.328 e. The van der Waals surface area contributed by atoms with Crippen LogP contribution in [0, 0.1) is 0 Å². The summed E-state index contributed by atoms with van der Waals surface area (Å²) in [6.07, 6.45) is 1.37. The second kappa shape index (κ2) is 5.21. The maximum atomic E-state index is 11.5. The van der Waals surface area contributed by atoms with Crippen LogP contribution in [0.3, 0.4) is 0 Å². The van der Waals surface area contributed by atoms with Crippen LogP contribution in [0.25, 0.3) is 10.4 Å². The van der Waals surface area contributed by atoms with Crippen LogP contribution in [0.1, 0.15) is 12.8 Å². The first-order valence-electron chi connectivity index (χ1n) is 4.59. The van der Waals surface area contributed by atoms with E-state index in [0.29, 0.717) is 13.0 Å². The predicted molar refractivity (Wildman–Crippen MR) is 50.8 cm³/mol. The largest absolute Gasteiger partial charge is 0.467 e. The second-order valence-electron chi connectivity index (χ2n) is 3.16. The molecule has 1 rings (SSSR count). The lowest BCUT2D eigenvalue weighted by Crippen LogP contribution is -2.42. The number of methoxy groups -OCH3 is 1. The summed E-state index contributed by atoms with van der Waals surface area (Å²) in [6.45, 7) is 0.267. The van der Waals surface area contributed by atoms with E-state index in [1.54, 1.807) is 0 Å². The molecular weight excluding hydrogens is 200 g/mol. The molecule has 15 heavy (non-hydrogen) atoms. The van der Waals surface area contributed by atoms with Gasteiger partial charge in [-0.1, -0.05) is 5.11 Å². The van der Waals surface area contributed by atoms with Crippen molar-refractivity contribution in [1.82, 2.24) is 4.90 Å². The summed E-state index contributed by atoms with van der Waals surface area (Å²) >= 11 is 0. The number of ether oxygens (including phenoxy) is 1. The average molecular weight is 212 g/mol. The molecule has 0 aromatic carbocycles. The fourth-order valence-electron chi connectivity index (χ4n) is 1.63. The fourth-order valence-corrected chi connectivity index (χ4v) is 1.63. The van der Waals surface area contributed by atoms with Gasteiger partial charge in [-0.25, -0.2) is 4.79 Å². The zero-order valence-electron chi connectivity index (χ0n) is 8.42. The van der Waals surface area contributed by atoms with Gasteiger partial charge in [0.15, 0.2) is 0 Å². The van der Waals surface area contributed by atoms with Gasteiger partial charge in [-0.3, -0.25) is 4.79 Å². The molecule has 0 unspecified atom stereocenters. The van der Waals surface area contributed by atoms with E-state index in [9.17, 15) is 9.59 Å². The summed E-state index contributed by atoms with van der Waals surface area (Å²) in [4.78, 5) is 26.7. The van der Waals surface area contributed by atoms with Crippen molar-refractivity contribution in [2.24, 2.45) is 5.11 Å². The van der Waals surface area contributed by atoms with Crippen LogP contribution in [0.4, 0.5) is 0 Å². The number of hydrogen-bond donors (Lipinski definition) is 0. The molecule has 0 saturated carbocycles. The van der Waals surface area contributed by atoms with E-state index in [4.69, 9.17) is 5.53 Å². The van der Waals surface area contributed by atoms with E-state index < -0.39 is 12.0 Å². The van der Waals surface area contributed by atoms with Crippen molar-refractivity contribution >= 4 is 11.9 Å². The van der Waals surface area contributed by atoms with Gasteiger partial charge in [0.05, 0.1) is 7.11 Å². The van der Waals surface area contributed by atoms with Crippen molar-refractivity contribution in [2.75, 3.05) is 20.2 Å². The molecule has 1 aliphatic rings. The minimum absolute atomic E-state index is 0.246. The number of nitrogens with zero attached hydrogens (tertiary/aromatic N) is 4. The maximum Gasteiger partial charge on any atom is 0.328 e. The van der Waals surface area contributed by atoms with Gasteiger partial charge in [0.2, 0.25) is 5.91 Å². The maximum absolute atomic E-state index is 11.5. The van der Waals surface area contributed by atoms with Crippen LogP contribution in [-0.4, -0.2) is 43.0 Å². The Hall–Kier alpha value is -1.75. The molecule has 1 saturated heterocycles. The SMILES string of the molecule is COC(=O)[C@@H]1CCCN1C(=O)CN=[N+]=[N-]. The Kier molecular flexibility index (Phi) is 3.93. The van der Waals surface area contributed by atoms with E-state index in [0.717, 1.165) is 6.42 Å². The molecule has 7 heteroatoms. The summed E-state index contributed by atoms with van der Waals surface area (Å²) in [6, 6.07) is -0.517. The van der Waals surface area contributed by atoms with E-state index in [2.05, 4.69) is 14.8 Å². The van der Waals surface area contributed by atoms with Crippen molar-refractivity contribution < 1.29 is 14.3 Å². The Balaban J connectivity index is 2.63. The number of carbonyl (C=O) groups is 2. The number of rotatable bonds is 3. The zero-order chi connectivity index (χ0) is 11.3. The van der Waals surface area contributed by atoms with Crippen LogP contribution in [0.15, 0.2) is 5.11 Å². The molecule has 0 bridgehead atoms. The summed E-state index contributed by atoms with van der Waals surface area (Å²) in [5.41, 5.74) is 8.08. The van der Waals surface area contributed by atoms with Crippen molar-refractivity contribution in [3.63, 3.8) is 0 Å². The highest BCUT2D eigenvalue weighted by molar-refractivity contribution is 5.86. The van der Waals surface area contributed by atoms with Crippen LogP contribution < -0.4 is 0 Å². The molecule has 0 radical (unpaired) electrons. The van der Waals surface area contributed by atoms with E-state index >= 15 is 0 Å². The topological polar surface area (TPSA) is 95.4 Å². The molecule has 1 heterocycles. The monoisotopic (exact) mass is 212 g/mol. The zero-order valence-corrected chi connectivity index (χ0v) is 8.42. The molecule has 0 spiro atoms. The highest BCUT2D eigenvalue weighted by atomic mass is 16.5. The first-order chi connectivity index (χ1) is 7.20. The molecule has 0 aliphatic carbocycles. The molecular formula is C8H12N4O3. The summed E-state index contributed by atoms with van der Waals surface area (Å²) < 4.78 is 4.58. The Morgan fingerprint density at radius 2 is 2.40 bits per heavy atom. The summed E-state index contributed by atoms with van der Waals surface area (Å²) in [5.74, 6) is -0.748. The molecule has 1 fully saturated rings. The van der Waals surface area contributed by atoms with Crippen molar-refractivity contribution in [3.8, 4) is 0 Å². The number of esters is 1. The average Bonchev–Trinajstić information content (AvgIpc) is 2.73. The standard InChI is InChI=1S/C8H12N4O3/c1-15-8(14)6-3-2-4-12(6)7(13)5-10-11-9/h6H,2-5H2,1H3/t6-/m0/s1. The number of azide groups is 1. The third-order valence-corrected chi connectivity index (χ3v) is 2.32.